The number of likely N-dealkylation sites (tertiary alicyclic amines) is 1. The Morgan fingerprint density at radius 1 is 0.967 bits per heavy atom. The first-order chi connectivity index (χ1) is 14.3. The lowest BCUT2D eigenvalue weighted by molar-refractivity contribution is 0.319. The first kappa shape index (κ1) is 21.0. The van der Waals surface area contributed by atoms with Gasteiger partial charge in [0.1, 0.15) is 16.4 Å². The van der Waals surface area contributed by atoms with Crippen LogP contribution in [-0.4, -0.2) is 26.4 Å². The molecule has 0 amide bonds. The molecule has 1 saturated heterocycles. The molecule has 1 aliphatic heterocycles. The Bertz CT molecular complexity index is 1150. The monoisotopic (exact) mass is 447 g/mol. The minimum absolute atomic E-state index is 0.0390. The van der Waals surface area contributed by atoms with Crippen LogP contribution in [0.1, 0.15) is 17.5 Å². The molecule has 0 aliphatic carbocycles. The predicted molar refractivity (Wildman–Crippen MR) is 113 cm³/mol. The Morgan fingerprint density at radius 3 is 2.37 bits per heavy atom. The number of nitrogens with zero attached hydrogens (tertiary/aromatic N) is 1. The van der Waals surface area contributed by atoms with Gasteiger partial charge in [0.25, 0.3) is 0 Å². The van der Waals surface area contributed by atoms with Crippen molar-refractivity contribution in [2.45, 2.75) is 22.6 Å². The van der Waals surface area contributed by atoms with Crippen molar-refractivity contribution >= 4 is 21.4 Å². The highest BCUT2D eigenvalue weighted by molar-refractivity contribution is 7.92. The molecule has 0 N–H and O–H groups in total. The Hall–Kier alpha value is -2.28. The van der Waals surface area contributed by atoms with E-state index < -0.39 is 26.2 Å². The summed E-state index contributed by atoms with van der Waals surface area (Å²) in [4.78, 5) is 2.00. The van der Waals surface area contributed by atoms with Crippen molar-refractivity contribution in [2.24, 2.45) is 0 Å². The second-order valence-corrected chi connectivity index (χ2v) is 10.2. The lowest BCUT2D eigenvalue weighted by atomic mass is 9.96. The van der Waals surface area contributed by atoms with Crippen LogP contribution < -0.4 is 0 Å². The van der Waals surface area contributed by atoms with Crippen LogP contribution in [0.25, 0.3) is 0 Å². The molecule has 0 spiro atoms. The smallest absolute Gasteiger partial charge is 0.189 e. The van der Waals surface area contributed by atoms with E-state index in [0.717, 1.165) is 23.8 Å². The van der Waals surface area contributed by atoms with Gasteiger partial charge in [-0.25, -0.2) is 17.2 Å². The molecule has 30 heavy (non-hydrogen) atoms. The maximum absolute atomic E-state index is 14.9. The number of rotatable bonds is 5. The Kier molecular flexibility index (Phi) is 5.66. The highest BCUT2D eigenvalue weighted by atomic mass is 35.5. The van der Waals surface area contributed by atoms with Crippen LogP contribution in [0.2, 0.25) is 5.02 Å². The van der Waals surface area contributed by atoms with Crippen LogP contribution in [0.4, 0.5) is 8.78 Å². The van der Waals surface area contributed by atoms with E-state index in [1.54, 1.807) is 0 Å². The zero-order valence-corrected chi connectivity index (χ0v) is 17.6. The number of hydrogen-bond donors (Lipinski definition) is 0. The van der Waals surface area contributed by atoms with Crippen molar-refractivity contribution in [2.75, 3.05) is 13.1 Å². The summed E-state index contributed by atoms with van der Waals surface area (Å²) in [6.45, 7) is 1.03. The number of halogens is 3. The van der Waals surface area contributed by atoms with E-state index in [0.29, 0.717) is 18.1 Å². The van der Waals surface area contributed by atoms with Gasteiger partial charge in [-0.15, -0.1) is 0 Å². The minimum atomic E-state index is -4.04. The molecule has 7 heteroatoms. The summed E-state index contributed by atoms with van der Waals surface area (Å²) in [6, 6.07) is 18.4. The topological polar surface area (TPSA) is 37.4 Å². The van der Waals surface area contributed by atoms with Gasteiger partial charge in [0, 0.05) is 30.2 Å². The Morgan fingerprint density at radius 2 is 1.67 bits per heavy atom. The molecule has 1 fully saturated rings. The first-order valence-electron chi connectivity index (χ1n) is 9.54. The summed E-state index contributed by atoms with van der Waals surface area (Å²) in [6.07, 6.45) is 0.158. The molecule has 1 unspecified atom stereocenters. The lowest BCUT2D eigenvalue weighted by Crippen LogP contribution is -2.40. The van der Waals surface area contributed by atoms with Gasteiger partial charge in [-0.1, -0.05) is 41.9 Å². The van der Waals surface area contributed by atoms with Crippen LogP contribution in [-0.2, 0) is 21.1 Å². The van der Waals surface area contributed by atoms with Crippen molar-refractivity contribution < 1.29 is 17.2 Å². The quantitative estimate of drug-likeness (QED) is 0.540. The van der Waals surface area contributed by atoms with Gasteiger partial charge >= 0.3 is 0 Å². The first-order valence-corrected chi connectivity index (χ1v) is 11.4. The molecule has 156 valence electrons. The second-order valence-electron chi connectivity index (χ2n) is 7.52. The van der Waals surface area contributed by atoms with E-state index in [2.05, 4.69) is 0 Å². The second kappa shape index (κ2) is 8.10. The largest absolute Gasteiger partial charge is 0.297 e. The minimum Gasteiger partial charge on any atom is -0.297 e. The third kappa shape index (κ3) is 3.75. The van der Waals surface area contributed by atoms with Gasteiger partial charge in [0.15, 0.2) is 9.84 Å². The number of benzene rings is 3. The van der Waals surface area contributed by atoms with Crippen LogP contribution in [0.15, 0.2) is 77.7 Å². The molecule has 3 aromatic carbocycles. The molecule has 3 nitrogen and oxygen atoms in total. The zero-order chi connectivity index (χ0) is 21.4. The molecule has 1 atom stereocenters. The Labute approximate surface area is 179 Å². The summed E-state index contributed by atoms with van der Waals surface area (Å²) in [5, 5.41) is 0.400. The molecule has 3 aromatic rings. The van der Waals surface area contributed by atoms with Crippen molar-refractivity contribution in [3.63, 3.8) is 0 Å². The average molecular weight is 448 g/mol. The van der Waals surface area contributed by atoms with Crippen LogP contribution in [0.3, 0.4) is 0 Å². The maximum Gasteiger partial charge on any atom is 0.189 e. The van der Waals surface area contributed by atoms with E-state index >= 15 is 0 Å². The Balaban J connectivity index is 1.80. The van der Waals surface area contributed by atoms with Gasteiger partial charge in [-0.3, -0.25) is 4.90 Å². The molecule has 4 rings (SSSR count). The van der Waals surface area contributed by atoms with E-state index in [1.807, 2.05) is 35.2 Å². The average Bonchev–Trinajstić information content (AvgIpc) is 3.16. The van der Waals surface area contributed by atoms with Crippen LogP contribution >= 0.6 is 11.6 Å². The van der Waals surface area contributed by atoms with Gasteiger partial charge in [-0.2, -0.15) is 0 Å². The van der Waals surface area contributed by atoms with E-state index in [-0.39, 0.29) is 23.4 Å². The SMILES string of the molecule is O=S(=O)(c1ccc(Cl)cc1)C1(c2cc(F)ccc2F)CCN(Cc2ccccc2)C1. The van der Waals surface area contributed by atoms with Crippen LogP contribution in [0, 0.1) is 11.6 Å². The fraction of sp³-hybridized carbons (Fsp3) is 0.217. The summed E-state index contributed by atoms with van der Waals surface area (Å²) in [5.74, 6) is -1.39. The molecular weight excluding hydrogens is 428 g/mol. The standard InChI is InChI=1S/C23H20ClF2NO2S/c24-18-6-9-20(10-7-18)30(28,29)23(21-14-19(25)8-11-22(21)26)12-13-27(16-23)15-17-4-2-1-3-5-17/h1-11,14H,12-13,15-16H2. The molecule has 0 bridgehead atoms. The lowest BCUT2D eigenvalue weighted by Gasteiger charge is -2.30. The zero-order valence-electron chi connectivity index (χ0n) is 16.1. The highest BCUT2D eigenvalue weighted by Crippen LogP contribution is 2.45. The molecule has 1 aliphatic rings. The van der Waals surface area contributed by atoms with Crippen LogP contribution in [0.5, 0.6) is 0 Å². The maximum atomic E-state index is 14.9. The summed E-state index contributed by atoms with van der Waals surface area (Å²) < 4.78 is 54.9. The summed E-state index contributed by atoms with van der Waals surface area (Å²) in [7, 11) is -4.04. The van der Waals surface area contributed by atoms with Gasteiger partial charge in [0.05, 0.1) is 4.90 Å². The van der Waals surface area contributed by atoms with E-state index in [4.69, 9.17) is 11.6 Å². The highest BCUT2D eigenvalue weighted by Gasteiger charge is 2.52. The van der Waals surface area contributed by atoms with Gasteiger partial charge in [-0.05, 0) is 54.4 Å². The van der Waals surface area contributed by atoms with Crippen molar-refractivity contribution in [1.82, 2.24) is 4.90 Å². The number of sulfone groups is 1. The molecule has 1 heterocycles. The van der Waals surface area contributed by atoms with E-state index in [9.17, 15) is 17.2 Å². The van der Waals surface area contributed by atoms with Crippen molar-refractivity contribution in [3.8, 4) is 0 Å². The fourth-order valence-electron chi connectivity index (χ4n) is 4.10. The fourth-order valence-corrected chi connectivity index (χ4v) is 6.33. The third-order valence-corrected chi connectivity index (χ3v) is 8.34. The van der Waals surface area contributed by atoms with Crippen molar-refractivity contribution in [1.29, 1.82) is 0 Å². The summed E-state index contributed by atoms with van der Waals surface area (Å²) >= 11 is 5.92. The third-order valence-electron chi connectivity index (χ3n) is 5.62. The number of hydrogen-bond acceptors (Lipinski definition) is 3. The van der Waals surface area contributed by atoms with Gasteiger partial charge < -0.3 is 0 Å². The summed E-state index contributed by atoms with van der Waals surface area (Å²) in [5.41, 5.74) is 0.893. The molecule has 0 radical (unpaired) electrons. The normalized spacial score (nSPS) is 19.8. The predicted octanol–water partition coefficient (Wildman–Crippen LogP) is 5.19. The molecular formula is C23H20ClF2NO2S. The van der Waals surface area contributed by atoms with E-state index in [1.165, 1.54) is 24.3 Å². The van der Waals surface area contributed by atoms with Gasteiger partial charge in [0.2, 0.25) is 0 Å². The molecule has 0 saturated carbocycles. The molecule has 0 aromatic heterocycles. The van der Waals surface area contributed by atoms with Crippen molar-refractivity contribution in [3.05, 3.63) is 101 Å².